The Morgan fingerprint density at radius 1 is 1.47 bits per heavy atom. The molecule has 9 heteroatoms. The van der Waals surface area contributed by atoms with Crippen molar-refractivity contribution < 1.29 is 26.7 Å². The lowest BCUT2D eigenvalue weighted by Gasteiger charge is -2.21. The standard InChI is InChI=1S/C10H12F3NO3S2/c1-6-5-18-7(4-15)8(6)19(16,17)14-9(2-3-9)10(11,12)13/h5,14-15H,2-4H2,1H3. The van der Waals surface area contributed by atoms with E-state index in [1.165, 1.54) is 12.3 Å². The van der Waals surface area contributed by atoms with Crippen molar-refractivity contribution >= 4 is 21.4 Å². The van der Waals surface area contributed by atoms with E-state index in [4.69, 9.17) is 5.11 Å². The van der Waals surface area contributed by atoms with Gasteiger partial charge in [0.05, 0.1) is 11.5 Å². The summed E-state index contributed by atoms with van der Waals surface area (Å²) in [4.78, 5) is -0.0986. The number of aliphatic hydroxyl groups excluding tert-OH is 1. The zero-order valence-corrected chi connectivity index (χ0v) is 11.5. The molecule has 1 saturated carbocycles. The summed E-state index contributed by atoms with van der Waals surface area (Å²) in [6.45, 7) is 0.963. The van der Waals surface area contributed by atoms with Gasteiger partial charge in [0.25, 0.3) is 0 Å². The first-order chi connectivity index (χ1) is 8.63. The Balaban J connectivity index is 2.37. The quantitative estimate of drug-likeness (QED) is 0.892. The van der Waals surface area contributed by atoms with Gasteiger partial charge in [-0.1, -0.05) is 0 Å². The molecule has 1 heterocycles. The molecule has 2 N–H and O–H groups in total. The molecule has 1 aliphatic carbocycles. The van der Waals surface area contributed by atoms with Gasteiger partial charge in [-0.15, -0.1) is 11.3 Å². The molecule has 0 radical (unpaired) electrons. The molecule has 19 heavy (non-hydrogen) atoms. The second kappa shape index (κ2) is 4.44. The second-order valence-electron chi connectivity index (χ2n) is 4.51. The van der Waals surface area contributed by atoms with E-state index < -0.39 is 28.3 Å². The molecule has 0 aromatic carbocycles. The van der Waals surface area contributed by atoms with Crippen molar-refractivity contribution in [2.45, 2.75) is 43.0 Å². The highest BCUT2D eigenvalue weighted by molar-refractivity contribution is 7.89. The molecule has 0 aliphatic heterocycles. The normalized spacial score (nSPS) is 18.6. The van der Waals surface area contributed by atoms with Crippen LogP contribution < -0.4 is 4.72 Å². The first-order valence-corrected chi connectivity index (χ1v) is 7.78. The maximum atomic E-state index is 12.8. The Labute approximate surface area is 112 Å². The second-order valence-corrected chi connectivity index (χ2v) is 7.10. The summed E-state index contributed by atoms with van der Waals surface area (Å²) in [6, 6.07) is 0. The van der Waals surface area contributed by atoms with Crippen LogP contribution in [0.4, 0.5) is 13.2 Å². The van der Waals surface area contributed by atoms with Gasteiger partial charge in [-0.3, -0.25) is 0 Å². The minimum atomic E-state index is -4.61. The number of rotatable bonds is 4. The van der Waals surface area contributed by atoms with Gasteiger partial charge >= 0.3 is 6.18 Å². The minimum Gasteiger partial charge on any atom is -0.391 e. The van der Waals surface area contributed by atoms with Crippen LogP contribution >= 0.6 is 11.3 Å². The molecule has 0 atom stereocenters. The highest BCUT2D eigenvalue weighted by atomic mass is 32.2. The van der Waals surface area contributed by atoms with Gasteiger partial charge in [0, 0.05) is 0 Å². The zero-order valence-electron chi connectivity index (χ0n) is 9.91. The maximum absolute atomic E-state index is 12.8. The molecule has 0 bridgehead atoms. The van der Waals surface area contributed by atoms with Crippen LogP contribution in [0.25, 0.3) is 0 Å². The first kappa shape index (κ1) is 14.8. The van der Waals surface area contributed by atoms with Gasteiger partial charge in [0.1, 0.15) is 10.4 Å². The van der Waals surface area contributed by atoms with Crippen LogP contribution in [0.5, 0.6) is 0 Å². The van der Waals surface area contributed by atoms with E-state index >= 15 is 0 Å². The highest BCUT2D eigenvalue weighted by Gasteiger charge is 2.65. The lowest BCUT2D eigenvalue weighted by atomic mass is 10.3. The fraction of sp³-hybridized carbons (Fsp3) is 0.600. The molecule has 0 unspecified atom stereocenters. The monoisotopic (exact) mass is 315 g/mol. The van der Waals surface area contributed by atoms with Crippen LogP contribution in [0, 0.1) is 6.92 Å². The molecule has 2 rings (SSSR count). The van der Waals surface area contributed by atoms with E-state index in [2.05, 4.69) is 0 Å². The van der Waals surface area contributed by atoms with Crippen molar-refractivity contribution in [3.8, 4) is 0 Å². The first-order valence-electron chi connectivity index (χ1n) is 5.41. The third kappa shape index (κ3) is 2.51. The van der Waals surface area contributed by atoms with Crippen LogP contribution in [-0.4, -0.2) is 25.2 Å². The van der Waals surface area contributed by atoms with Gasteiger partial charge in [-0.25, -0.2) is 8.42 Å². The van der Waals surface area contributed by atoms with E-state index in [1.54, 1.807) is 4.72 Å². The Morgan fingerprint density at radius 3 is 2.47 bits per heavy atom. The fourth-order valence-corrected chi connectivity index (χ4v) is 4.94. The largest absolute Gasteiger partial charge is 0.407 e. The Hall–Kier alpha value is -0.640. The molecular weight excluding hydrogens is 303 g/mol. The van der Waals surface area contributed by atoms with Crippen molar-refractivity contribution in [3.63, 3.8) is 0 Å². The molecule has 1 aromatic heterocycles. The summed E-state index contributed by atoms with van der Waals surface area (Å²) in [5.74, 6) is 0. The molecule has 1 aliphatic rings. The zero-order chi connectivity index (χ0) is 14.5. The van der Waals surface area contributed by atoms with Gasteiger partial charge < -0.3 is 5.11 Å². The minimum absolute atomic E-state index is 0.142. The molecule has 108 valence electrons. The van der Waals surface area contributed by atoms with Crippen molar-refractivity contribution in [1.82, 2.24) is 4.72 Å². The van der Waals surface area contributed by atoms with Gasteiger partial charge in [-0.05, 0) is 30.7 Å². The van der Waals surface area contributed by atoms with Crippen LogP contribution in [0.1, 0.15) is 23.3 Å². The number of hydrogen-bond donors (Lipinski definition) is 2. The van der Waals surface area contributed by atoms with Crippen molar-refractivity contribution in [1.29, 1.82) is 0 Å². The number of alkyl halides is 3. The van der Waals surface area contributed by atoms with Gasteiger partial charge in [-0.2, -0.15) is 17.9 Å². The highest BCUT2D eigenvalue weighted by Crippen LogP contribution is 2.50. The van der Waals surface area contributed by atoms with E-state index in [0.717, 1.165) is 11.3 Å². The Kier molecular flexibility index (Phi) is 3.45. The number of hydrogen-bond acceptors (Lipinski definition) is 4. The van der Waals surface area contributed by atoms with E-state index in [0.29, 0.717) is 5.56 Å². The number of thiophene rings is 1. The topological polar surface area (TPSA) is 66.4 Å². The number of aliphatic hydroxyl groups is 1. The van der Waals surface area contributed by atoms with Gasteiger partial charge in [0.2, 0.25) is 10.0 Å². The number of aryl methyl sites for hydroxylation is 1. The predicted octanol–water partition coefficient (Wildman–Crippen LogP) is 1.92. The summed E-state index contributed by atoms with van der Waals surface area (Å²) in [6.07, 6.45) is -5.12. The lowest BCUT2D eigenvalue weighted by Crippen LogP contribution is -2.47. The smallest absolute Gasteiger partial charge is 0.391 e. The van der Waals surface area contributed by atoms with E-state index in [9.17, 15) is 21.6 Å². The lowest BCUT2D eigenvalue weighted by molar-refractivity contribution is -0.160. The van der Waals surface area contributed by atoms with Crippen molar-refractivity contribution in [3.05, 3.63) is 15.8 Å². The molecule has 0 amide bonds. The average Bonchev–Trinajstić information content (AvgIpc) is 2.93. The molecule has 1 fully saturated rings. The van der Waals surface area contributed by atoms with Crippen LogP contribution in [-0.2, 0) is 16.6 Å². The number of nitrogens with one attached hydrogen (secondary N) is 1. The summed E-state index contributed by atoms with van der Waals surface area (Å²) >= 11 is 1.01. The fourth-order valence-electron chi connectivity index (χ4n) is 1.83. The summed E-state index contributed by atoms with van der Waals surface area (Å²) in [5.41, 5.74) is -2.01. The maximum Gasteiger partial charge on any atom is 0.407 e. The van der Waals surface area contributed by atoms with Crippen LogP contribution in [0.2, 0.25) is 0 Å². The van der Waals surface area contributed by atoms with Crippen molar-refractivity contribution in [2.24, 2.45) is 0 Å². The Bertz CT molecular complexity index is 588. The Morgan fingerprint density at radius 2 is 2.05 bits per heavy atom. The molecule has 1 aromatic rings. The number of halogens is 3. The predicted molar refractivity (Wildman–Crippen MR) is 63.3 cm³/mol. The summed E-state index contributed by atoms with van der Waals surface area (Å²) in [7, 11) is -4.29. The average molecular weight is 315 g/mol. The molecule has 0 spiro atoms. The number of sulfonamides is 1. The SMILES string of the molecule is Cc1csc(CO)c1S(=O)(=O)NC1(C(F)(F)F)CC1. The van der Waals surface area contributed by atoms with Crippen molar-refractivity contribution in [2.75, 3.05) is 0 Å². The molecular formula is C10H12F3NO3S2. The van der Waals surface area contributed by atoms with Crippen LogP contribution in [0.3, 0.4) is 0 Å². The van der Waals surface area contributed by atoms with Gasteiger partial charge in [0.15, 0.2) is 0 Å². The summed E-state index contributed by atoms with van der Waals surface area (Å²) < 4.78 is 64.2. The van der Waals surface area contributed by atoms with E-state index in [1.807, 2.05) is 0 Å². The third-order valence-electron chi connectivity index (χ3n) is 3.02. The molecule has 0 saturated heterocycles. The summed E-state index contributed by atoms with van der Waals surface area (Å²) in [5, 5.41) is 10.6. The van der Waals surface area contributed by atoms with Crippen LogP contribution in [0.15, 0.2) is 10.3 Å². The molecule has 4 nitrogen and oxygen atoms in total. The third-order valence-corrected chi connectivity index (χ3v) is 6.01. The van der Waals surface area contributed by atoms with E-state index in [-0.39, 0.29) is 22.6 Å².